The molecule has 1 aliphatic heterocycles. The monoisotopic (exact) mass is 393 g/mol. The molecule has 1 amide bonds. The number of nitrogens with zero attached hydrogens (tertiary/aromatic N) is 7. The van der Waals surface area contributed by atoms with Crippen LogP contribution in [0.1, 0.15) is 65.8 Å². The Morgan fingerprint density at radius 3 is 2.79 bits per heavy atom. The predicted molar refractivity (Wildman–Crippen MR) is 103 cm³/mol. The van der Waals surface area contributed by atoms with E-state index >= 15 is 0 Å². The summed E-state index contributed by atoms with van der Waals surface area (Å²) >= 11 is 0. The van der Waals surface area contributed by atoms with Crippen LogP contribution in [0.2, 0.25) is 0 Å². The van der Waals surface area contributed by atoms with Crippen molar-refractivity contribution in [3.05, 3.63) is 41.3 Å². The van der Waals surface area contributed by atoms with Gasteiger partial charge < -0.3 is 9.42 Å². The quantitative estimate of drug-likeness (QED) is 0.673. The summed E-state index contributed by atoms with van der Waals surface area (Å²) in [4.78, 5) is 28.2. The molecule has 2 aliphatic rings. The third kappa shape index (κ3) is 3.20. The number of carbonyl (C=O) groups excluding carboxylic acids is 1. The fourth-order valence-electron chi connectivity index (χ4n) is 4.39. The SMILES string of the molecule is Cn1nc(C(=O)N2CCCCC2c2nc(-c3ncccn3)no2)c2c1CCCC2. The van der Waals surface area contributed by atoms with Crippen LogP contribution in [0.15, 0.2) is 23.0 Å². The Kier molecular flexibility index (Phi) is 4.57. The fraction of sp³-hybridized carbons (Fsp3) is 0.500. The van der Waals surface area contributed by atoms with Gasteiger partial charge in [0.25, 0.3) is 5.91 Å². The molecule has 9 nitrogen and oxygen atoms in total. The molecule has 4 heterocycles. The van der Waals surface area contributed by atoms with E-state index in [0.29, 0.717) is 29.8 Å². The Morgan fingerprint density at radius 1 is 1.10 bits per heavy atom. The topological polar surface area (TPSA) is 103 Å². The van der Waals surface area contributed by atoms with Crippen molar-refractivity contribution >= 4 is 5.91 Å². The largest absolute Gasteiger partial charge is 0.337 e. The third-order valence-corrected chi connectivity index (χ3v) is 5.82. The molecule has 3 aromatic heterocycles. The number of likely N-dealkylation sites (tertiary alicyclic amines) is 1. The van der Waals surface area contributed by atoms with Crippen molar-refractivity contribution in [1.82, 2.24) is 34.8 Å². The van der Waals surface area contributed by atoms with Crippen LogP contribution in [0.5, 0.6) is 0 Å². The molecular formula is C20H23N7O2. The second kappa shape index (κ2) is 7.38. The average molecular weight is 393 g/mol. The van der Waals surface area contributed by atoms with Gasteiger partial charge in [-0.3, -0.25) is 9.48 Å². The number of hydrogen-bond donors (Lipinski definition) is 0. The van der Waals surface area contributed by atoms with Crippen LogP contribution in [0.4, 0.5) is 0 Å². The fourth-order valence-corrected chi connectivity index (χ4v) is 4.39. The van der Waals surface area contributed by atoms with Crippen LogP contribution in [0.25, 0.3) is 11.6 Å². The zero-order valence-corrected chi connectivity index (χ0v) is 16.4. The van der Waals surface area contributed by atoms with E-state index in [1.807, 2.05) is 16.6 Å². The molecule has 0 spiro atoms. The maximum absolute atomic E-state index is 13.5. The maximum Gasteiger partial charge on any atom is 0.275 e. The van der Waals surface area contributed by atoms with Gasteiger partial charge >= 0.3 is 0 Å². The number of hydrogen-bond acceptors (Lipinski definition) is 7. The number of carbonyl (C=O) groups is 1. The first-order valence-electron chi connectivity index (χ1n) is 10.2. The molecule has 0 N–H and O–H groups in total. The summed E-state index contributed by atoms with van der Waals surface area (Å²) in [6.45, 7) is 0.661. The lowest BCUT2D eigenvalue weighted by Gasteiger charge is -2.33. The Bertz CT molecular complexity index is 1030. The summed E-state index contributed by atoms with van der Waals surface area (Å²) in [6, 6.07) is 1.49. The van der Waals surface area contributed by atoms with E-state index in [9.17, 15) is 4.79 Å². The van der Waals surface area contributed by atoms with E-state index in [1.165, 1.54) is 5.69 Å². The van der Waals surface area contributed by atoms with Crippen molar-refractivity contribution < 1.29 is 9.32 Å². The molecule has 0 radical (unpaired) electrons. The van der Waals surface area contributed by atoms with Crippen molar-refractivity contribution in [2.75, 3.05) is 6.54 Å². The van der Waals surface area contributed by atoms with Gasteiger partial charge in [-0.2, -0.15) is 10.1 Å². The maximum atomic E-state index is 13.5. The molecule has 1 atom stereocenters. The van der Waals surface area contributed by atoms with Crippen molar-refractivity contribution in [2.24, 2.45) is 7.05 Å². The highest BCUT2D eigenvalue weighted by Gasteiger charge is 2.36. The van der Waals surface area contributed by atoms with Gasteiger partial charge in [-0.1, -0.05) is 5.16 Å². The summed E-state index contributed by atoms with van der Waals surface area (Å²) in [6.07, 6.45) is 10.2. The lowest BCUT2D eigenvalue weighted by atomic mass is 9.94. The predicted octanol–water partition coefficient (Wildman–Crippen LogP) is 2.51. The van der Waals surface area contributed by atoms with E-state index in [0.717, 1.165) is 50.5 Å². The number of fused-ring (bicyclic) bond motifs is 1. The van der Waals surface area contributed by atoms with E-state index in [2.05, 4.69) is 25.2 Å². The minimum atomic E-state index is -0.248. The van der Waals surface area contributed by atoms with Crippen LogP contribution in [-0.4, -0.2) is 47.2 Å². The highest BCUT2D eigenvalue weighted by atomic mass is 16.5. The van der Waals surface area contributed by atoms with Gasteiger partial charge in [-0.05, 0) is 51.0 Å². The lowest BCUT2D eigenvalue weighted by Crippen LogP contribution is -2.39. The Morgan fingerprint density at radius 2 is 1.93 bits per heavy atom. The molecule has 0 saturated carbocycles. The Balaban J connectivity index is 1.45. The Labute approximate surface area is 168 Å². The number of amides is 1. The number of aryl methyl sites for hydroxylation is 1. The molecule has 1 saturated heterocycles. The molecular weight excluding hydrogens is 370 g/mol. The van der Waals surface area contributed by atoms with Crippen molar-refractivity contribution in [3.63, 3.8) is 0 Å². The smallest absolute Gasteiger partial charge is 0.275 e. The van der Waals surface area contributed by atoms with Crippen molar-refractivity contribution in [1.29, 1.82) is 0 Å². The summed E-state index contributed by atoms with van der Waals surface area (Å²) < 4.78 is 7.41. The summed E-state index contributed by atoms with van der Waals surface area (Å²) in [5.74, 6) is 1.15. The highest BCUT2D eigenvalue weighted by Crippen LogP contribution is 2.33. The number of piperidine rings is 1. The molecule has 1 unspecified atom stereocenters. The van der Waals surface area contributed by atoms with E-state index in [1.54, 1.807) is 18.5 Å². The molecule has 5 rings (SSSR count). The van der Waals surface area contributed by atoms with E-state index < -0.39 is 0 Å². The van der Waals surface area contributed by atoms with Crippen molar-refractivity contribution in [2.45, 2.75) is 51.0 Å². The first-order valence-corrected chi connectivity index (χ1v) is 10.2. The van der Waals surface area contributed by atoms with Gasteiger partial charge in [0.1, 0.15) is 6.04 Å². The number of rotatable bonds is 3. The van der Waals surface area contributed by atoms with Crippen LogP contribution < -0.4 is 0 Å². The molecule has 1 fully saturated rings. The van der Waals surface area contributed by atoms with Crippen LogP contribution in [0.3, 0.4) is 0 Å². The summed E-state index contributed by atoms with van der Waals surface area (Å²) in [5, 5.41) is 8.62. The second-order valence-electron chi connectivity index (χ2n) is 7.64. The van der Waals surface area contributed by atoms with Gasteiger partial charge in [-0.15, -0.1) is 0 Å². The molecule has 3 aromatic rings. The minimum absolute atomic E-state index is 0.0378. The molecule has 1 aliphatic carbocycles. The standard InChI is InChI=1S/C20H23N7O2/c1-26-14-8-3-2-7-13(14)16(24-26)20(28)27-12-5-4-9-15(27)19-23-18(25-29-19)17-21-10-6-11-22-17/h6,10-11,15H,2-5,7-9,12H2,1H3. The zero-order valence-electron chi connectivity index (χ0n) is 16.4. The van der Waals surface area contributed by atoms with Crippen LogP contribution >= 0.6 is 0 Å². The number of aromatic nitrogens is 6. The van der Waals surface area contributed by atoms with Gasteiger partial charge in [0.2, 0.25) is 17.5 Å². The average Bonchev–Trinajstić information content (AvgIpc) is 3.40. The molecule has 29 heavy (non-hydrogen) atoms. The van der Waals surface area contributed by atoms with E-state index in [4.69, 9.17) is 4.52 Å². The van der Waals surface area contributed by atoms with Crippen molar-refractivity contribution in [3.8, 4) is 11.6 Å². The Hall–Kier alpha value is -3.10. The summed E-state index contributed by atoms with van der Waals surface area (Å²) in [7, 11) is 1.93. The first kappa shape index (κ1) is 18.0. The molecule has 0 bridgehead atoms. The van der Waals surface area contributed by atoms with Gasteiger partial charge in [0, 0.05) is 37.2 Å². The lowest BCUT2D eigenvalue weighted by molar-refractivity contribution is 0.0553. The van der Waals surface area contributed by atoms with Gasteiger partial charge in [0.15, 0.2) is 5.69 Å². The zero-order chi connectivity index (χ0) is 19.8. The summed E-state index contributed by atoms with van der Waals surface area (Å²) in [5.41, 5.74) is 2.88. The highest BCUT2D eigenvalue weighted by molar-refractivity contribution is 5.94. The van der Waals surface area contributed by atoms with Gasteiger partial charge in [-0.25, -0.2) is 9.97 Å². The van der Waals surface area contributed by atoms with Gasteiger partial charge in [0.05, 0.1) is 0 Å². The molecule has 9 heteroatoms. The van der Waals surface area contributed by atoms with Crippen LogP contribution in [0, 0.1) is 0 Å². The normalized spacial score (nSPS) is 19.2. The second-order valence-corrected chi connectivity index (χ2v) is 7.64. The minimum Gasteiger partial charge on any atom is -0.337 e. The molecule has 0 aromatic carbocycles. The van der Waals surface area contributed by atoms with E-state index in [-0.39, 0.29) is 11.9 Å². The first-order chi connectivity index (χ1) is 14.2. The van der Waals surface area contributed by atoms with Crippen LogP contribution in [-0.2, 0) is 19.9 Å². The molecule has 150 valence electrons. The third-order valence-electron chi connectivity index (χ3n) is 5.82.